The molecule has 0 saturated carbocycles. The Morgan fingerprint density at radius 3 is 1.73 bits per heavy atom. The number of aromatic nitrogens is 3. The van der Waals surface area contributed by atoms with Gasteiger partial charge in [0.2, 0.25) is 0 Å². The molecule has 56 heavy (non-hydrogen) atoms. The van der Waals surface area contributed by atoms with Crippen LogP contribution < -0.4 is 0 Å². The predicted octanol–water partition coefficient (Wildman–Crippen LogP) is 13.3. The second-order valence-corrected chi connectivity index (χ2v) is 14.8. The predicted molar refractivity (Wildman–Crippen MR) is 232 cm³/mol. The van der Waals surface area contributed by atoms with Gasteiger partial charge in [-0.2, -0.15) is 0 Å². The highest BCUT2D eigenvalue weighted by molar-refractivity contribution is 6.19. The second-order valence-electron chi connectivity index (χ2n) is 14.8. The first kappa shape index (κ1) is 32.2. The molecule has 0 bridgehead atoms. The van der Waals surface area contributed by atoms with Gasteiger partial charge >= 0.3 is 0 Å². The molecule has 0 saturated heterocycles. The van der Waals surface area contributed by atoms with Crippen molar-refractivity contribution in [2.24, 2.45) is 0 Å². The molecule has 0 N–H and O–H groups in total. The van der Waals surface area contributed by atoms with E-state index in [0.717, 1.165) is 44.0 Å². The van der Waals surface area contributed by atoms with Crippen molar-refractivity contribution in [1.82, 2.24) is 15.0 Å². The van der Waals surface area contributed by atoms with Crippen LogP contribution in [0.4, 0.5) is 0 Å². The van der Waals surface area contributed by atoms with Crippen LogP contribution in [0.3, 0.4) is 0 Å². The van der Waals surface area contributed by atoms with Crippen molar-refractivity contribution in [1.29, 1.82) is 0 Å². The Labute approximate surface area is 325 Å². The number of rotatable bonds is 5. The van der Waals surface area contributed by atoms with E-state index < -0.39 is 5.41 Å². The fraction of sp³-hybridized carbons (Fsp3) is 0.0377. The van der Waals surface area contributed by atoms with Crippen LogP contribution in [0.25, 0.3) is 88.7 Å². The van der Waals surface area contributed by atoms with E-state index in [1.807, 2.05) is 0 Å². The molecule has 262 valence electrons. The van der Waals surface area contributed by atoms with E-state index in [1.54, 1.807) is 0 Å². The largest absolute Gasteiger partial charge is 0.208 e. The maximum absolute atomic E-state index is 5.56. The van der Waals surface area contributed by atoms with Crippen LogP contribution in [0, 0.1) is 0 Å². The van der Waals surface area contributed by atoms with Crippen LogP contribution >= 0.6 is 0 Å². The zero-order valence-electron chi connectivity index (χ0n) is 30.8. The summed E-state index contributed by atoms with van der Waals surface area (Å²) in [7, 11) is 0. The number of hydrogen-bond donors (Lipinski definition) is 0. The van der Waals surface area contributed by atoms with Crippen molar-refractivity contribution >= 4 is 32.3 Å². The zero-order chi connectivity index (χ0) is 37.2. The van der Waals surface area contributed by atoms with Gasteiger partial charge in [0.15, 0.2) is 17.5 Å². The third-order valence-electron chi connectivity index (χ3n) is 11.8. The Kier molecular flexibility index (Phi) is 7.30. The first-order valence-electron chi connectivity index (χ1n) is 19.2. The van der Waals surface area contributed by atoms with Gasteiger partial charge in [-0.25, -0.2) is 15.0 Å². The molecule has 1 heterocycles. The van der Waals surface area contributed by atoms with Crippen LogP contribution in [-0.4, -0.2) is 15.0 Å². The molecule has 0 spiro atoms. The van der Waals surface area contributed by atoms with Crippen LogP contribution in [0.5, 0.6) is 0 Å². The SMILES string of the molecule is CC1(c2ccccc2)c2ccccc2-c2cccc(-c3nc(-c4ccccc4-c4ccccc4)nc(-c4c5ccccc5cc5c4ccc4ccccc45)n3)c21. The highest BCUT2D eigenvalue weighted by Crippen LogP contribution is 2.55. The number of hydrogen-bond acceptors (Lipinski definition) is 3. The lowest BCUT2D eigenvalue weighted by atomic mass is 9.72. The molecule has 0 fully saturated rings. The monoisotopic (exact) mass is 713 g/mol. The summed E-state index contributed by atoms with van der Waals surface area (Å²) >= 11 is 0. The summed E-state index contributed by atoms with van der Waals surface area (Å²) in [6.07, 6.45) is 0. The van der Waals surface area contributed by atoms with E-state index in [9.17, 15) is 0 Å². The van der Waals surface area contributed by atoms with Gasteiger partial charge in [-0.1, -0.05) is 188 Å². The number of benzene rings is 9. The first-order chi connectivity index (χ1) is 27.7. The molecule has 1 atom stereocenters. The Balaban J connectivity index is 1.26. The van der Waals surface area contributed by atoms with Gasteiger partial charge in [0.05, 0.1) is 0 Å². The molecule has 1 aromatic heterocycles. The summed E-state index contributed by atoms with van der Waals surface area (Å²) in [6.45, 7) is 2.35. The van der Waals surface area contributed by atoms with Crippen LogP contribution in [0.1, 0.15) is 23.6 Å². The Morgan fingerprint density at radius 1 is 0.357 bits per heavy atom. The number of nitrogens with zero attached hydrogens (tertiary/aromatic N) is 3. The third kappa shape index (κ3) is 4.87. The molecule has 1 unspecified atom stereocenters. The number of fused-ring (bicyclic) bond motifs is 7. The smallest absolute Gasteiger partial charge is 0.165 e. The minimum Gasteiger partial charge on any atom is -0.208 e. The van der Waals surface area contributed by atoms with E-state index in [-0.39, 0.29) is 0 Å². The van der Waals surface area contributed by atoms with Gasteiger partial charge in [0, 0.05) is 22.1 Å². The fourth-order valence-corrected chi connectivity index (χ4v) is 9.20. The van der Waals surface area contributed by atoms with Crippen LogP contribution in [0.2, 0.25) is 0 Å². The van der Waals surface area contributed by atoms with Crippen molar-refractivity contribution in [3.05, 3.63) is 211 Å². The lowest BCUT2D eigenvalue weighted by Crippen LogP contribution is -2.23. The Bertz CT molecular complexity index is 3150. The molecular formula is C53H35N3. The first-order valence-corrected chi connectivity index (χ1v) is 19.2. The van der Waals surface area contributed by atoms with Gasteiger partial charge in [-0.05, 0) is 84.3 Å². The fourth-order valence-electron chi connectivity index (χ4n) is 9.20. The average Bonchev–Trinajstić information content (AvgIpc) is 3.54. The van der Waals surface area contributed by atoms with Crippen molar-refractivity contribution in [3.63, 3.8) is 0 Å². The maximum atomic E-state index is 5.56. The molecule has 3 nitrogen and oxygen atoms in total. The normalized spacial score (nSPS) is 14.6. The van der Waals surface area contributed by atoms with Crippen LogP contribution in [0.15, 0.2) is 194 Å². The van der Waals surface area contributed by atoms with Gasteiger partial charge in [-0.15, -0.1) is 0 Å². The molecule has 11 rings (SSSR count). The Morgan fingerprint density at radius 2 is 0.929 bits per heavy atom. The molecular weight excluding hydrogens is 679 g/mol. The molecule has 1 aliphatic rings. The second kappa shape index (κ2) is 12.7. The van der Waals surface area contributed by atoms with Crippen molar-refractivity contribution in [2.75, 3.05) is 0 Å². The summed E-state index contributed by atoms with van der Waals surface area (Å²) in [5.74, 6) is 1.95. The molecule has 9 aromatic carbocycles. The zero-order valence-corrected chi connectivity index (χ0v) is 30.8. The van der Waals surface area contributed by atoms with E-state index in [2.05, 4.69) is 201 Å². The van der Waals surface area contributed by atoms with Crippen LogP contribution in [-0.2, 0) is 5.41 Å². The summed E-state index contributed by atoms with van der Waals surface area (Å²) in [6, 6.07) is 69.3. The lowest BCUT2D eigenvalue weighted by Gasteiger charge is -2.30. The average molecular weight is 714 g/mol. The minimum absolute atomic E-state index is 0.441. The van der Waals surface area contributed by atoms with Crippen molar-refractivity contribution in [3.8, 4) is 56.4 Å². The highest BCUT2D eigenvalue weighted by Gasteiger charge is 2.43. The third-order valence-corrected chi connectivity index (χ3v) is 11.8. The Hall–Kier alpha value is -7.23. The topological polar surface area (TPSA) is 38.7 Å². The summed E-state index contributed by atoms with van der Waals surface area (Å²) in [4.78, 5) is 16.5. The summed E-state index contributed by atoms with van der Waals surface area (Å²) in [5.41, 5.74) is 10.9. The standard InChI is InChI=1S/C53H35N3/c1-53(37-21-6-3-7-22-37)47-30-15-14-26-41(47)43-28-16-29-45(49(43)53)51-54-50(44-27-13-12-23-38(44)34-17-4-2-5-18-34)55-52(56-51)48-40-25-11-9-20-36(40)33-46-39-24-10-8-19-35(39)31-32-42(46)48/h2-33H,1H3. The van der Waals surface area contributed by atoms with E-state index >= 15 is 0 Å². The quantitative estimate of drug-likeness (QED) is 0.132. The maximum Gasteiger partial charge on any atom is 0.165 e. The minimum atomic E-state index is -0.441. The lowest BCUT2D eigenvalue weighted by molar-refractivity contribution is 0.714. The van der Waals surface area contributed by atoms with Gasteiger partial charge in [0.1, 0.15) is 0 Å². The molecule has 0 amide bonds. The summed E-state index contributed by atoms with van der Waals surface area (Å²) in [5, 5.41) is 6.95. The highest BCUT2D eigenvalue weighted by atomic mass is 15.0. The van der Waals surface area contributed by atoms with E-state index in [0.29, 0.717) is 17.5 Å². The molecule has 3 heteroatoms. The molecule has 1 aliphatic carbocycles. The van der Waals surface area contributed by atoms with E-state index in [4.69, 9.17) is 15.0 Å². The van der Waals surface area contributed by atoms with Crippen molar-refractivity contribution in [2.45, 2.75) is 12.3 Å². The molecule has 0 aliphatic heterocycles. The van der Waals surface area contributed by atoms with Gasteiger partial charge in [0.25, 0.3) is 0 Å². The van der Waals surface area contributed by atoms with Gasteiger partial charge in [-0.3, -0.25) is 0 Å². The molecule has 0 radical (unpaired) electrons. The van der Waals surface area contributed by atoms with Gasteiger partial charge < -0.3 is 0 Å². The molecule has 10 aromatic rings. The summed E-state index contributed by atoms with van der Waals surface area (Å²) < 4.78 is 0. The van der Waals surface area contributed by atoms with E-state index in [1.165, 1.54) is 44.0 Å². The van der Waals surface area contributed by atoms with Crippen molar-refractivity contribution < 1.29 is 0 Å².